The highest BCUT2D eigenvalue weighted by Crippen LogP contribution is 2.30. The van der Waals surface area contributed by atoms with Gasteiger partial charge in [0.05, 0.1) is 6.04 Å². The maximum Gasteiger partial charge on any atom is 0.126 e. The first-order chi connectivity index (χ1) is 8.86. The van der Waals surface area contributed by atoms with Gasteiger partial charge in [-0.25, -0.2) is 4.98 Å². The van der Waals surface area contributed by atoms with Gasteiger partial charge in [0.15, 0.2) is 0 Å². The van der Waals surface area contributed by atoms with Crippen LogP contribution in [0.25, 0.3) is 6.08 Å². The normalized spacial score (nSPS) is 16.1. The molecule has 0 spiro atoms. The third-order valence-corrected chi connectivity index (χ3v) is 3.03. The summed E-state index contributed by atoms with van der Waals surface area (Å²) in [5, 5.41) is 3.38. The lowest BCUT2D eigenvalue weighted by Crippen LogP contribution is -2.07. The topological polar surface area (TPSA) is 24.9 Å². The van der Waals surface area contributed by atoms with Crippen molar-refractivity contribution >= 4 is 11.9 Å². The average Bonchev–Trinajstić information content (AvgIpc) is 2.83. The summed E-state index contributed by atoms with van der Waals surface area (Å²) in [6, 6.07) is 12.3. The lowest BCUT2D eigenvalue weighted by molar-refractivity contribution is 0.987. The van der Waals surface area contributed by atoms with Gasteiger partial charge >= 0.3 is 0 Å². The molecule has 0 aliphatic heterocycles. The summed E-state index contributed by atoms with van der Waals surface area (Å²) in [5.41, 5.74) is 3.33. The molecule has 1 N–H and O–H groups in total. The number of anilines is 1. The molecule has 0 amide bonds. The molecule has 2 heteroatoms. The Hall–Kier alpha value is -2.53. The molecule has 1 unspecified atom stereocenters. The van der Waals surface area contributed by atoms with Crippen LogP contribution in [-0.2, 0) is 0 Å². The van der Waals surface area contributed by atoms with E-state index in [2.05, 4.69) is 46.6 Å². The van der Waals surface area contributed by atoms with Crippen LogP contribution in [0.3, 0.4) is 0 Å². The molecule has 2 nitrogen and oxygen atoms in total. The largest absolute Gasteiger partial charge is 0.360 e. The number of pyridine rings is 1. The minimum Gasteiger partial charge on any atom is -0.360 e. The van der Waals surface area contributed by atoms with E-state index in [1.54, 1.807) is 6.20 Å². The Kier molecular flexibility index (Phi) is 2.59. The predicted octanol–water partition coefficient (Wildman–Crippen LogP) is 3.24. The minimum absolute atomic E-state index is 0.186. The fourth-order valence-electron chi connectivity index (χ4n) is 2.10. The van der Waals surface area contributed by atoms with E-state index in [1.165, 1.54) is 11.1 Å². The van der Waals surface area contributed by atoms with Gasteiger partial charge in [0.2, 0.25) is 0 Å². The molecule has 1 aromatic heterocycles. The number of terminal acetylenes is 1. The molecule has 0 saturated heterocycles. The van der Waals surface area contributed by atoms with Gasteiger partial charge in [-0.05, 0) is 23.3 Å². The van der Waals surface area contributed by atoms with Crippen molar-refractivity contribution in [3.8, 4) is 12.3 Å². The van der Waals surface area contributed by atoms with Crippen LogP contribution in [0.2, 0.25) is 0 Å². The van der Waals surface area contributed by atoms with Crippen LogP contribution in [-0.4, -0.2) is 4.98 Å². The second kappa shape index (κ2) is 4.38. The van der Waals surface area contributed by atoms with Crippen molar-refractivity contribution in [3.63, 3.8) is 0 Å². The van der Waals surface area contributed by atoms with Crippen LogP contribution in [0.4, 0.5) is 5.82 Å². The fourth-order valence-corrected chi connectivity index (χ4v) is 2.10. The van der Waals surface area contributed by atoms with Gasteiger partial charge in [-0.3, -0.25) is 0 Å². The Morgan fingerprint density at radius 1 is 1.17 bits per heavy atom. The van der Waals surface area contributed by atoms with E-state index >= 15 is 0 Å². The monoisotopic (exact) mass is 232 g/mol. The molecule has 1 aromatic carbocycles. The predicted molar refractivity (Wildman–Crippen MR) is 74.0 cm³/mol. The Balaban J connectivity index is 1.82. The molecule has 1 aliphatic carbocycles. The third-order valence-electron chi connectivity index (χ3n) is 3.03. The van der Waals surface area contributed by atoms with E-state index in [9.17, 15) is 0 Å². The van der Waals surface area contributed by atoms with Crippen molar-refractivity contribution in [1.29, 1.82) is 0 Å². The summed E-state index contributed by atoms with van der Waals surface area (Å²) in [6.45, 7) is 0. The molecule has 0 radical (unpaired) electrons. The maximum atomic E-state index is 5.31. The minimum atomic E-state index is 0.186. The van der Waals surface area contributed by atoms with Crippen LogP contribution < -0.4 is 5.32 Å². The molecular weight excluding hydrogens is 220 g/mol. The van der Waals surface area contributed by atoms with Crippen molar-refractivity contribution in [2.75, 3.05) is 5.32 Å². The maximum absolute atomic E-state index is 5.31. The first kappa shape index (κ1) is 10.6. The number of rotatable bonds is 2. The third kappa shape index (κ3) is 1.87. The van der Waals surface area contributed by atoms with Gasteiger partial charge in [0.1, 0.15) is 5.82 Å². The summed E-state index contributed by atoms with van der Waals surface area (Å²) in [5.74, 6) is 3.39. The number of nitrogens with zero attached hydrogens (tertiary/aromatic N) is 1. The molecule has 0 fully saturated rings. The zero-order valence-electron chi connectivity index (χ0n) is 9.80. The highest BCUT2D eigenvalue weighted by atomic mass is 15.0. The number of fused-ring (bicyclic) bond motifs is 1. The number of nitrogens with one attached hydrogen (secondary N) is 1. The first-order valence-corrected chi connectivity index (χ1v) is 5.83. The second-order valence-electron chi connectivity index (χ2n) is 4.19. The van der Waals surface area contributed by atoms with Gasteiger partial charge in [-0.15, -0.1) is 6.42 Å². The molecule has 1 atom stereocenters. The second-order valence-corrected chi connectivity index (χ2v) is 4.19. The van der Waals surface area contributed by atoms with Crippen molar-refractivity contribution in [2.45, 2.75) is 6.04 Å². The molecule has 2 aromatic rings. The number of benzene rings is 1. The van der Waals surface area contributed by atoms with Gasteiger partial charge in [0, 0.05) is 11.8 Å². The quantitative estimate of drug-likeness (QED) is 0.804. The van der Waals surface area contributed by atoms with Gasteiger partial charge in [-0.1, -0.05) is 42.3 Å². The summed E-state index contributed by atoms with van der Waals surface area (Å²) >= 11 is 0. The molecule has 0 saturated carbocycles. The fraction of sp³-hybridized carbons (Fsp3) is 0.0625. The highest BCUT2D eigenvalue weighted by Gasteiger charge is 2.16. The van der Waals surface area contributed by atoms with Crippen molar-refractivity contribution < 1.29 is 0 Å². The molecule has 18 heavy (non-hydrogen) atoms. The van der Waals surface area contributed by atoms with E-state index in [0.717, 1.165) is 11.4 Å². The van der Waals surface area contributed by atoms with Crippen molar-refractivity contribution in [1.82, 2.24) is 4.98 Å². The Labute approximate surface area is 106 Å². The van der Waals surface area contributed by atoms with E-state index < -0.39 is 0 Å². The van der Waals surface area contributed by atoms with E-state index in [-0.39, 0.29) is 6.04 Å². The molecule has 1 heterocycles. The number of hydrogen-bond donors (Lipinski definition) is 1. The summed E-state index contributed by atoms with van der Waals surface area (Å²) in [6.07, 6.45) is 11.3. The number of hydrogen-bond acceptors (Lipinski definition) is 2. The summed E-state index contributed by atoms with van der Waals surface area (Å²) < 4.78 is 0. The Morgan fingerprint density at radius 3 is 2.83 bits per heavy atom. The zero-order valence-corrected chi connectivity index (χ0v) is 9.80. The van der Waals surface area contributed by atoms with Gasteiger partial charge in [-0.2, -0.15) is 0 Å². The van der Waals surface area contributed by atoms with E-state index in [0.29, 0.717) is 0 Å². The molecule has 1 aliphatic rings. The molecule has 0 bridgehead atoms. The highest BCUT2D eigenvalue weighted by molar-refractivity contribution is 5.64. The Morgan fingerprint density at radius 2 is 2.06 bits per heavy atom. The van der Waals surface area contributed by atoms with Crippen LogP contribution in [0.15, 0.2) is 48.7 Å². The SMILES string of the molecule is C#Cc1ccc(NC2C=Cc3ccccc32)nc1. The van der Waals surface area contributed by atoms with Gasteiger partial charge < -0.3 is 5.32 Å². The molecular formula is C16H12N2. The summed E-state index contributed by atoms with van der Waals surface area (Å²) in [7, 11) is 0. The average molecular weight is 232 g/mol. The zero-order chi connectivity index (χ0) is 12.4. The van der Waals surface area contributed by atoms with Crippen molar-refractivity contribution in [2.24, 2.45) is 0 Å². The molecule has 86 valence electrons. The van der Waals surface area contributed by atoms with E-state index in [1.807, 2.05) is 18.2 Å². The van der Waals surface area contributed by atoms with Crippen LogP contribution in [0.1, 0.15) is 22.7 Å². The van der Waals surface area contributed by atoms with Crippen LogP contribution in [0.5, 0.6) is 0 Å². The van der Waals surface area contributed by atoms with Crippen LogP contribution in [0, 0.1) is 12.3 Å². The standard InChI is InChI=1S/C16H12N2/c1-2-12-7-10-16(17-11-12)18-15-9-8-13-5-3-4-6-14(13)15/h1,3-11,15H,(H,17,18). The van der Waals surface area contributed by atoms with Crippen molar-refractivity contribution in [3.05, 3.63) is 65.4 Å². The van der Waals surface area contributed by atoms with Crippen LogP contribution >= 0.6 is 0 Å². The summed E-state index contributed by atoms with van der Waals surface area (Å²) in [4.78, 5) is 4.30. The number of aromatic nitrogens is 1. The van der Waals surface area contributed by atoms with Gasteiger partial charge in [0.25, 0.3) is 0 Å². The lowest BCUT2D eigenvalue weighted by Gasteiger charge is -2.13. The smallest absolute Gasteiger partial charge is 0.126 e. The molecule has 3 rings (SSSR count). The van der Waals surface area contributed by atoms with E-state index in [4.69, 9.17) is 6.42 Å². The lowest BCUT2D eigenvalue weighted by atomic mass is 10.1. The Bertz CT molecular complexity index is 633. The first-order valence-electron chi connectivity index (χ1n) is 5.83.